The van der Waals surface area contributed by atoms with Crippen LogP contribution in [0, 0.1) is 0 Å². The number of thioether (sulfide) groups is 1. The Morgan fingerprint density at radius 1 is 1.23 bits per heavy atom. The van der Waals surface area contributed by atoms with Crippen molar-refractivity contribution in [3.05, 3.63) is 48.2 Å². The Hall–Kier alpha value is -1.83. The highest BCUT2D eigenvalue weighted by molar-refractivity contribution is 8.17. The molecule has 0 aromatic heterocycles. The van der Waals surface area contributed by atoms with E-state index in [4.69, 9.17) is 0 Å². The van der Waals surface area contributed by atoms with Crippen LogP contribution >= 0.6 is 11.8 Å². The number of nitrogens with zero attached hydrogens (tertiary/aromatic N) is 5. The first-order valence-corrected chi connectivity index (χ1v) is 11.7. The predicted molar refractivity (Wildman–Crippen MR) is 128 cm³/mol. The first-order valence-electron chi connectivity index (χ1n) is 10.9. The summed E-state index contributed by atoms with van der Waals surface area (Å²) < 4.78 is 0. The molecule has 0 bridgehead atoms. The van der Waals surface area contributed by atoms with E-state index in [0.29, 0.717) is 5.84 Å². The highest BCUT2D eigenvalue weighted by Gasteiger charge is 2.27. The largest absolute Gasteiger partial charge is 0.369 e. The van der Waals surface area contributed by atoms with Crippen molar-refractivity contribution in [2.45, 2.75) is 51.3 Å². The van der Waals surface area contributed by atoms with Crippen molar-refractivity contribution in [2.75, 3.05) is 33.2 Å². The average molecular weight is 430 g/mol. The van der Waals surface area contributed by atoms with Crippen molar-refractivity contribution >= 4 is 22.8 Å². The molecule has 164 valence electrons. The molecule has 3 rings (SSSR count). The zero-order valence-electron chi connectivity index (χ0n) is 18.3. The summed E-state index contributed by atoms with van der Waals surface area (Å²) in [5.74, 6) is 0.617. The number of hydrogen-bond donors (Lipinski definition) is 1. The smallest absolute Gasteiger partial charge is 0.163 e. The summed E-state index contributed by atoms with van der Waals surface area (Å²) in [6.45, 7) is 14.6. The van der Waals surface area contributed by atoms with Gasteiger partial charge in [-0.1, -0.05) is 31.3 Å². The van der Waals surface area contributed by atoms with Crippen molar-refractivity contribution in [2.24, 2.45) is 9.98 Å². The Kier molecular flexibility index (Phi) is 8.36. The zero-order valence-corrected chi connectivity index (χ0v) is 19.2. The summed E-state index contributed by atoms with van der Waals surface area (Å²) in [7, 11) is 1.85. The van der Waals surface area contributed by atoms with E-state index in [-0.39, 0.29) is 0 Å². The lowest BCUT2D eigenvalue weighted by molar-refractivity contribution is 0.115. The van der Waals surface area contributed by atoms with Crippen molar-refractivity contribution in [3.8, 4) is 0 Å². The average Bonchev–Trinajstić information content (AvgIpc) is 2.79. The molecule has 2 saturated heterocycles. The first kappa shape index (κ1) is 22.8. The van der Waals surface area contributed by atoms with Gasteiger partial charge in [0.1, 0.15) is 5.84 Å². The van der Waals surface area contributed by atoms with Gasteiger partial charge in [0, 0.05) is 43.5 Å². The van der Waals surface area contributed by atoms with Crippen LogP contribution in [0.4, 0.5) is 0 Å². The molecule has 30 heavy (non-hydrogen) atoms. The van der Waals surface area contributed by atoms with E-state index in [9.17, 15) is 5.11 Å². The summed E-state index contributed by atoms with van der Waals surface area (Å²) in [6.07, 6.45) is 12.5. The van der Waals surface area contributed by atoms with Gasteiger partial charge in [-0.3, -0.25) is 4.99 Å². The lowest BCUT2D eigenvalue weighted by atomic mass is 10.0. The predicted octanol–water partition coefficient (Wildman–Crippen LogP) is 3.81. The summed E-state index contributed by atoms with van der Waals surface area (Å²) in [6, 6.07) is 0.722. The van der Waals surface area contributed by atoms with Crippen molar-refractivity contribution in [1.29, 1.82) is 0 Å². The summed E-state index contributed by atoms with van der Waals surface area (Å²) in [4.78, 5) is 16.5. The van der Waals surface area contributed by atoms with Gasteiger partial charge in [0.25, 0.3) is 0 Å². The van der Waals surface area contributed by atoms with Gasteiger partial charge in [0.15, 0.2) is 11.4 Å². The van der Waals surface area contributed by atoms with Crippen LogP contribution in [-0.2, 0) is 0 Å². The topological polar surface area (TPSA) is 54.7 Å². The normalized spacial score (nSPS) is 24.8. The van der Waals surface area contributed by atoms with Gasteiger partial charge in [-0.25, -0.2) is 4.99 Å². The molecule has 3 aliphatic rings. The number of aliphatic imine (C=N–C) groups is 2. The maximum atomic E-state index is 10.3. The molecule has 1 N–H and O–H groups in total. The van der Waals surface area contributed by atoms with E-state index >= 15 is 0 Å². The fourth-order valence-electron chi connectivity index (χ4n) is 4.22. The number of allylic oxidation sites excluding steroid dienone is 1. The Balaban J connectivity index is 1.56. The molecule has 1 unspecified atom stereocenters. The fraction of sp³-hybridized carbons (Fsp3) is 0.565. The van der Waals surface area contributed by atoms with Crippen molar-refractivity contribution < 1.29 is 5.11 Å². The molecular weight excluding hydrogens is 394 g/mol. The minimum absolute atomic E-state index is 0.617. The molecule has 0 saturated carbocycles. The van der Waals surface area contributed by atoms with Crippen molar-refractivity contribution in [3.63, 3.8) is 0 Å². The van der Waals surface area contributed by atoms with Crippen LogP contribution in [0.5, 0.6) is 0 Å². The van der Waals surface area contributed by atoms with Crippen LogP contribution in [0.15, 0.2) is 58.2 Å². The van der Waals surface area contributed by atoms with Gasteiger partial charge in [0.2, 0.25) is 0 Å². The van der Waals surface area contributed by atoms with Gasteiger partial charge in [0.05, 0.1) is 0 Å². The van der Waals surface area contributed by atoms with Crippen LogP contribution in [0.3, 0.4) is 0 Å². The van der Waals surface area contributed by atoms with E-state index in [1.807, 2.05) is 20.2 Å². The number of piperidine rings is 2. The molecular formula is C23H35N5OS. The second-order valence-corrected chi connectivity index (χ2v) is 9.07. The quantitative estimate of drug-likeness (QED) is 0.409. The third-order valence-corrected chi connectivity index (χ3v) is 7.21. The third kappa shape index (κ3) is 5.65. The maximum absolute atomic E-state index is 10.3. The summed E-state index contributed by atoms with van der Waals surface area (Å²) in [5, 5.41) is 11.3. The Labute approximate surface area is 185 Å². The highest BCUT2D eigenvalue weighted by atomic mass is 32.2. The zero-order chi connectivity index (χ0) is 21.5. The van der Waals surface area contributed by atoms with Crippen LogP contribution < -0.4 is 0 Å². The molecule has 0 amide bonds. The standard InChI is InChI=1S/C23H35N5OS/c1-5-21-25-12-9-22(29)28(21)17-18(2)19(3)30-23(24-4)27-15-10-20(11-16-27)26-13-7-6-8-14-26/h5,9,12,17,20,22,29H,1,3,6-8,10-11,13-16H2,2,4H3. The Morgan fingerprint density at radius 3 is 2.57 bits per heavy atom. The number of rotatable bonds is 5. The van der Waals surface area contributed by atoms with Gasteiger partial charge >= 0.3 is 0 Å². The molecule has 3 aliphatic heterocycles. The van der Waals surface area contributed by atoms with E-state index in [1.165, 1.54) is 45.2 Å². The number of likely N-dealkylation sites (tertiary alicyclic amines) is 2. The lowest BCUT2D eigenvalue weighted by Gasteiger charge is -2.41. The van der Waals surface area contributed by atoms with E-state index < -0.39 is 6.23 Å². The molecule has 0 radical (unpaired) electrons. The molecule has 3 heterocycles. The lowest BCUT2D eigenvalue weighted by Crippen LogP contribution is -2.47. The van der Waals surface area contributed by atoms with Crippen LogP contribution in [0.25, 0.3) is 0 Å². The van der Waals surface area contributed by atoms with Gasteiger partial charge in [-0.15, -0.1) is 0 Å². The second-order valence-electron chi connectivity index (χ2n) is 8.01. The third-order valence-electron chi connectivity index (χ3n) is 6.02. The number of hydrogen-bond acceptors (Lipinski definition) is 6. The summed E-state index contributed by atoms with van der Waals surface area (Å²) >= 11 is 1.60. The number of amidine groups is 2. The molecule has 0 aromatic carbocycles. The van der Waals surface area contributed by atoms with Crippen LogP contribution in [0.1, 0.15) is 39.0 Å². The van der Waals surface area contributed by atoms with E-state index in [0.717, 1.165) is 34.8 Å². The first-order chi connectivity index (χ1) is 14.5. The van der Waals surface area contributed by atoms with Gasteiger partial charge in [-0.05, 0) is 63.4 Å². The van der Waals surface area contributed by atoms with Gasteiger partial charge in [-0.2, -0.15) is 0 Å². The Bertz CT molecular complexity index is 743. The van der Waals surface area contributed by atoms with Crippen LogP contribution in [0.2, 0.25) is 0 Å². The van der Waals surface area contributed by atoms with Gasteiger partial charge < -0.3 is 19.8 Å². The molecule has 2 fully saturated rings. The SMILES string of the molecule is C=CC1=NC=CC(O)N1C=C(C)C(=C)SC(=NC)N1CCC(N2CCCCC2)CC1. The molecule has 6 nitrogen and oxygen atoms in total. The van der Waals surface area contributed by atoms with Crippen molar-refractivity contribution in [1.82, 2.24) is 14.7 Å². The molecule has 7 heteroatoms. The Morgan fingerprint density at radius 2 is 1.93 bits per heavy atom. The minimum Gasteiger partial charge on any atom is -0.369 e. The van der Waals surface area contributed by atoms with Crippen LogP contribution in [-0.4, -0.2) is 76.3 Å². The number of aliphatic hydroxyl groups is 1. The fourth-order valence-corrected chi connectivity index (χ4v) is 5.06. The molecule has 0 spiro atoms. The van der Waals surface area contributed by atoms with E-state index in [1.54, 1.807) is 35.0 Å². The molecule has 0 aromatic rings. The molecule has 0 aliphatic carbocycles. The minimum atomic E-state index is -0.753. The second kappa shape index (κ2) is 11.0. The monoisotopic (exact) mass is 429 g/mol. The maximum Gasteiger partial charge on any atom is 0.163 e. The highest BCUT2D eigenvalue weighted by Crippen LogP contribution is 2.29. The number of aliphatic hydroxyl groups excluding tert-OH is 1. The van der Waals surface area contributed by atoms with E-state index in [2.05, 4.69) is 32.9 Å². The molecule has 1 atom stereocenters. The summed E-state index contributed by atoms with van der Waals surface area (Å²) in [5.41, 5.74) is 0.966.